The van der Waals surface area contributed by atoms with E-state index in [0.29, 0.717) is 5.56 Å². The number of benzene rings is 2. The van der Waals surface area contributed by atoms with E-state index in [-0.39, 0.29) is 25.4 Å². The lowest BCUT2D eigenvalue weighted by atomic mass is 10.0. The molecule has 2 rings (SSSR count). The number of hydrogen-bond donors (Lipinski definition) is 3. The third-order valence-electron chi connectivity index (χ3n) is 4.20. The summed E-state index contributed by atoms with van der Waals surface area (Å²) >= 11 is 0. The first-order valence-corrected chi connectivity index (χ1v) is 9.61. The van der Waals surface area contributed by atoms with E-state index in [4.69, 9.17) is 9.47 Å². The predicted molar refractivity (Wildman–Crippen MR) is 110 cm³/mol. The molecular formula is C22H26N2O6. The van der Waals surface area contributed by atoms with Gasteiger partial charge in [-0.05, 0) is 37.1 Å². The highest BCUT2D eigenvalue weighted by molar-refractivity contribution is 5.89. The highest BCUT2D eigenvalue weighted by atomic mass is 16.5. The molecule has 3 N–H and O–H groups in total. The van der Waals surface area contributed by atoms with E-state index in [1.807, 2.05) is 30.3 Å². The summed E-state index contributed by atoms with van der Waals surface area (Å²) in [6, 6.07) is 13.5. The number of carbonyl (C=O) groups is 3. The van der Waals surface area contributed by atoms with Gasteiger partial charge in [-0.1, -0.05) is 42.5 Å². The Labute approximate surface area is 175 Å². The summed E-state index contributed by atoms with van der Waals surface area (Å²) in [7, 11) is 0. The molecule has 0 aliphatic carbocycles. The van der Waals surface area contributed by atoms with Crippen LogP contribution in [0.15, 0.2) is 54.6 Å². The van der Waals surface area contributed by atoms with E-state index < -0.39 is 30.1 Å². The van der Waals surface area contributed by atoms with Gasteiger partial charge in [0, 0.05) is 6.42 Å². The molecule has 0 aliphatic heterocycles. The van der Waals surface area contributed by atoms with Crippen molar-refractivity contribution in [1.82, 2.24) is 10.6 Å². The molecule has 0 bridgehead atoms. The van der Waals surface area contributed by atoms with Crippen LogP contribution < -0.4 is 10.6 Å². The second-order valence-electron chi connectivity index (χ2n) is 6.61. The summed E-state index contributed by atoms with van der Waals surface area (Å²) in [6.45, 7) is 3.42. The Hall–Kier alpha value is -3.55. The number of carbonyl (C=O) groups excluding carboxylic acids is 3. The molecule has 0 saturated carbocycles. The number of amides is 2. The molecule has 0 fully saturated rings. The monoisotopic (exact) mass is 414 g/mol. The van der Waals surface area contributed by atoms with Gasteiger partial charge in [0.15, 0.2) is 0 Å². The minimum atomic E-state index is -0.991. The summed E-state index contributed by atoms with van der Waals surface area (Å²) in [5, 5.41) is 14.5. The van der Waals surface area contributed by atoms with Crippen molar-refractivity contribution in [2.24, 2.45) is 0 Å². The lowest BCUT2D eigenvalue weighted by Crippen LogP contribution is -2.52. The Morgan fingerprint density at radius 1 is 0.933 bits per heavy atom. The van der Waals surface area contributed by atoms with Crippen molar-refractivity contribution >= 4 is 18.0 Å². The molecule has 0 unspecified atom stereocenters. The second-order valence-corrected chi connectivity index (χ2v) is 6.61. The summed E-state index contributed by atoms with van der Waals surface area (Å²) in [5.41, 5.74) is 1.52. The van der Waals surface area contributed by atoms with E-state index in [2.05, 4.69) is 10.6 Å². The molecule has 30 heavy (non-hydrogen) atoms. The van der Waals surface area contributed by atoms with E-state index in [1.54, 1.807) is 19.1 Å². The molecule has 0 radical (unpaired) electrons. The largest absolute Gasteiger partial charge is 0.508 e. The maximum Gasteiger partial charge on any atom is 0.408 e. The van der Waals surface area contributed by atoms with Crippen LogP contribution in [0.25, 0.3) is 0 Å². The highest BCUT2D eigenvalue weighted by Crippen LogP contribution is 2.12. The van der Waals surface area contributed by atoms with Crippen molar-refractivity contribution in [1.29, 1.82) is 0 Å². The Kier molecular flexibility index (Phi) is 8.68. The number of alkyl carbamates (subject to hydrolysis) is 1. The zero-order valence-electron chi connectivity index (χ0n) is 17.0. The second kappa shape index (κ2) is 11.5. The van der Waals surface area contributed by atoms with Crippen LogP contribution in [-0.4, -0.2) is 41.8 Å². The number of esters is 1. The Bertz CT molecular complexity index is 838. The minimum absolute atomic E-state index is 0.0550. The molecule has 0 aromatic heterocycles. The fourth-order valence-electron chi connectivity index (χ4n) is 2.62. The number of nitrogens with one attached hydrogen (secondary N) is 2. The van der Waals surface area contributed by atoms with Crippen molar-refractivity contribution in [2.75, 3.05) is 6.61 Å². The Morgan fingerprint density at radius 3 is 2.23 bits per heavy atom. The molecule has 8 nitrogen and oxygen atoms in total. The van der Waals surface area contributed by atoms with Crippen LogP contribution in [0.5, 0.6) is 5.75 Å². The quantitative estimate of drug-likeness (QED) is 0.543. The number of phenolic OH excluding ortho intramolecular Hbond substituents is 1. The van der Waals surface area contributed by atoms with Crippen molar-refractivity contribution < 1.29 is 29.0 Å². The van der Waals surface area contributed by atoms with E-state index in [0.717, 1.165) is 5.56 Å². The van der Waals surface area contributed by atoms with Crippen molar-refractivity contribution in [3.8, 4) is 5.75 Å². The summed E-state index contributed by atoms with van der Waals surface area (Å²) < 4.78 is 10.1. The van der Waals surface area contributed by atoms with Gasteiger partial charge in [-0.3, -0.25) is 4.79 Å². The van der Waals surface area contributed by atoms with Gasteiger partial charge in [0.2, 0.25) is 5.91 Å². The summed E-state index contributed by atoms with van der Waals surface area (Å²) in [4.78, 5) is 36.8. The van der Waals surface area contributed by atoms with Crippen LogP contribution in [0.3, 0.4) is 0 Å². The van der Waals surface area contributed by atoms with E-state index in [9.17, 15) is 19.5 Å². The van der Waals surface area contributed by atoms with Crippen LogP contribution in [-0.2, 0) is 32.1 Å². The maximum atomic E-state index is 12.7. The molecule has 2 aromatic rings. The average Bonchev–Trinajstić information content (AvgIpc) is 2.74. The smallest absolute Gasteiger partial charge is 0.408 e. The lowest BCUT2D eigenvalue weighted by molar-refractivity contribution is -0.147. The Balaban J connectivity index is 2.03. The van der Waals surface area contributed by atoms with Gasteiger partial charge in [0.1, 0.15) is 24.4 Å². The van der Waals surface area contributed by atoms with Crippen molar-refractivity contribution in [3.05, 3.63) is 65.7 Å². The highest BCUT2D eigenvalue weighted by Gasteiger charge is 2.26. The van der Waals surface area contributed by atoms with Crippen LogP contribution in [0.4, 0.5) is 4.79 Å². The average molecular weight is 414 g/mol. The fraction of sp³-hybridized carbons (Fsp3) is 0.318. The van der Waals surface area contributed by atoms with Crippen molar-refractivity contribution in [3.63, 3.8) is 0 Å². The Morgan fingerprint density at radius 2 is 1.60 bits per heavy atom. The maximum absolute atomic E-state index is 12.7. The van der Waals surface area contributed by atoms with Gasteiger partial charge in [0.25, 0.3) is 0 Å². The molecule has 2 amide bonds. The topological polar surface area (TPSA) is 114 Å². The molecule has 2 atom stereocenters. The predicted octanol–water partition coefficient (Wildman–Crippen LogP) is 2.30. The summed E-state index contributed by atoms with van der Waals surface area (Å²) in [6.07, 6.45) is -0.621. The van der Waals surface area contributed by atoms with E-state index >= 15 is 0 Å². The molecular weight excluding hydrogens is 388 g/mol. The van der Waals surface area contributed by atoms with E-state index in [1.165, 1.54) is 19.1 Å². The normalized spacial score (nSPS) is 12.3. The first-order chi connectivity index (χ1) is 14.4. The molecule has 0 aliphatic rings. The fourth-order valence-corrected chi connectivity index (χ4v) is 2.62. The minimum Gasteiger partial charge on any atom is -0.508 e. The van der Waals surface area contributed by atoms with Crippen LogP contribution in [0.1, 0.15) is 25.0 Å². The van der Waals surface area contributed by atoms with Crippen LogP contribution >= 0.6 is 0 Å². The SMILES string of the molecule is CCOC(=O)[C@H](C)NC(=O)[C@H](Cc1ccc(O)cc1)NC(=O)OCc1ccccc1. The van der Waals surface area contributed by atoms with Gasteiger partial charge >= 0.3 is 12.1 Å². The first kappa shape index (κ1) is 22.7. The van der Waals surface area contributed by atoms with Crippen LogP contribution in [0, 0.1) is 0 Å². The number of phenols is 1. The third-order valence-corrected chi connectivity index (χ3v) is 4.20. The summed E-state index contributed by atoms with van der Waals surface area (Å²) in [5.74, 6) is -1.04. The lowest BCUT2D eigenvalue weighted by Gasteiger charge is -2.21. The van der Waals surface area contributed by atoms with Gasteiger partial charge in [-0.25, -0.2) is 9.59 Å². The zero-order chi connectivity index (χ0) is 21.9. The number of hydrogen-bond acceptors (Lipinski definition) is 6. The molecule has 0 spiro atoms. The van der Waals surface area contributed by atoms with Gasteiger partial charge in [0.05, 0.1) is 6.61 Å². The molecule has 0 heterocycles. The van der Waals surface area contributed by atoms with Gasteiger partial charge < -0.3 is 25.2 Å². The number of rotatable bonds is 9. The molecule has 0 saturated heterocycles. The van der Waals surface area contributed by atoms with Crippen LogP contribution in [0.2, 0.25) is 0 Å². The third kappa shape index (κ3) is 7.46. The van der Waals surface area contributed by atoms with Gasteiger partial charge in [-0.2, -0.15) is 0 Å². The molecule has 2 aromatic carbocycles. The van der Waals surface area contributed by atoms with Gasteiger partial charge in [-0.15, -0.1) is 0 Å². The van der Waals surface area contributed by atoms with Crippen molar-refractivity contribution in [2.45, 2.75) is 39.0 Å². The standard InChI is InChI=1S/C22H26N2O6/c1-3-29-21(27)15(2)23-20(26)19(13-16-9-11-18(25)12-10-16)24-22(28)30-14-17-7-5-4-6-8-17/h4-12,15,19,25H,3,13-14H2,1-2H3,(H,23,26)(H,24,28)/t15-,19-/m0/s1. The molecule has 160 valence electrons. The first-order valence-electron chi connectivity index (χ1n) is 9.61. The number of ether oxygens (including phenoxy) is 2. The zero-order valence-corrected chi connectivity index (χ0v) is 17.0. The molecule has 8 heteroatoms. The number of aromatic hydroxyl groups is 1.